The van der Waals surface area contributed by atoms with Crippen molar-refractivity contribution in [2.75, 3.05) is 11.6 Å². The Morgan fingerprint density at radius 3 is 2.76 bits per heavy atom. The lowest BCUT2D eigenvalue weighted by Crippen LogP contribution is -2.07. The van der Waals surface area contributed by atoms with Gasteiger partial charge in [0.05, 0.1) is 15.1 Å². The summed E-state index contributed by atoms with van der Waals surface area (Å²) in [6.45, 7) is 0. The van der Waals surface area contributed by atoms with E-state index in [0.717, 1.165) is 16.3 Å². The first kappa shape index (κ1) is 17.8. The van der Waals surface area contributed by atoms with Crippen molar-refractivity contribution < 1.29 is 13.2 Å². The molecule has 0 fully saturated rings. The highest BCUT2D eigenvalue weighted by Gasteiger charge is 2.11. The Labute approximate surface area is 157 Å². The number of carbonyl (C=O) groups is 1. The summed E-state index contributed by atoms with van der Waals surface area (Å²) in [5.41, 5.74) is 1.54. The number of amides is 1. The number of nitrogens with one attached hydrogen (secondary N) is 1. The van der Waals surface area contributed by atoms with E-state index >= 15 is 0 Å². The number of benzene rings is 2. The lowest BCUT2D eigenvalue weighted by atomic mass is 10.2. The lowest BCUT2D eigenvalue weighted by Gasteiger charge is -1.96. The molecule has 1 N–H and O–H groups in total. The fraction of sp³-hybridized carbons (Fsp3) is 0.0588. The number of fused-ring (bicyclic) bond motifs is 1. The molecule has 128 valence electrons. The van der Waals surface area contributed by atoms with E-state index in [1.54, 1.807) is 18.2 Å². The number of hydrogen-bond donors (Lipinski definition) is 1. The SMILES string of the molecule is CS(=O)(=O)c1ccc2nc(NC(=O)C=Cc3cccc(Br)c3)sc2c1. The summed E-state index contributed by atoms with van der Waals surface area (Å²) >= 11 is 4.61. The Morgan fingerprint density at radius 1 is 1.24 bits per heavy atom. The van der Waals surface area contributed by atoms with Crippen LogP contribution in [0.5, 0.6) is 0 Å². The van der Waals surface area contributed by atoms with Crippen molar-refractivity contribution in [3.63, 3.8) is 0 Å². The molecule has 25 heavy (non-hydrogen) atoms. The monoisotopic (exact) mass is 436 g/mol. The lowest BCUT2D eigenvalue weighted by molar-refractivity contribution is -0.111. The first-order chi connectivity index (χ1) is 11.8. The van der Waals surface area contributed by atoms with E-state index in [4.69, 9.17) is 0 Å². The molecule has 8 heteroatoms. The predicted octanol–water partition coefficient (Wildman–Crippen LogP) is 4.11. The summed E-state index contributed by atoms with van der Waals surface area (Å²) in [7, 11) is -3.27. The average Bonchev–Trinajstić information content (AvgIpc) is 2.93. The Bertz CT molecular complexity index is 1090. The number of hydrogen-bond acceptors (Lipinski definition) is 5. The van der Waals surface area contributed by atoms with E-state index in [2.05, 4.69) is 26.2 Å². The summed E-state index contributed by atoms with van der Waals surface area (Å²) in [6, 6.07) is 12.3. The zero-order valence-corrected chi connectivity index (χ0v) is 16.3. The highest BCUT2D eigenvalue weighted by Crippen LogP contribution is 2.28. The summed E-state index contributed by atoms with van der Waals surface area (Å²) in [6.07, 6.45) is 4.29. The van der Waals surface area contributed by atoms with Gasteiger partial charge in [0.15, 0.2) is 15.0 Å². The van der Waals surface area contributed by atoms with E-state index in [1.807, 2.05) is 24.3 Å². The van der Waals surface area contributed by atoms with Crippen LogP contribution in [0.25, 0.3) is 16.3 Å². The van der Waals surface area contributed by atoms with Crippen LogP contribution in [-0.4, -0.2) is 25.6 Å². The van der Waals surface area contributed by atoms with Crippen LogP contribution in [0.15, 0.2) is 57.9 Å². The molecule has 1 heterocycles. The molecule has 0 aliphatic carbocycles. The number of carbonyl (C=O) groups excluding carboxylic acids is 1. The summed E-state index contributed by atoms with van der Waals surface area (Å²) < 4.78 is 24.9. The van der Waals surface area contributed by atoms with Crippen LogP contribution in [-0.2, 0) is 14.6 Å². The normalized spacial score (nSPS) is 11.9. The van der Waals surface area contributed by atoms with E-state index < -0.39 is 9.84 Å². The molecule has 1 aromatic heterocycles. The van der Waals surface area contributed by atoms with Crippen molar-refractivity contribution >= 4 is 64.4 Å². The van der Waals surface area contributed by atoms with Crippen LogP contribution in [0.2, 0.25) is 0 Å². The maximum absolute atomic E-state index is 12.0. The Morgan fingerprint density at radius 2 is 2.04 bits per heavy atom. The molecule has 3 rings (SSSR count). The van der Waals surface area contributed by atoms with Crippen LogP contribution >= 0.6 is 27.3 Å². The van der Waals surface area contributed by atoms with E-state index in [0.29, 0.717) is 15.3 Å². The quantitative estimate of drug-likeness (QED) is 0.624. The van der Waals surface area contributed by atoms with Gasteiger partial charge in [0.1, 0.15) is 0 Å². The first-order valence-corrected chi connectivity index (χ1v) is 10.7. The third kappa shape index (κ3) is 4.53. The standard InChI is InChI=1S/C17H13BrN2O3S2/c1-25(22,23)13-6-7-14-15(10-13)24-17(19-14)20-16(21)8-5-11-3-2-4-12(18)9-11/h2-10H,1H3,(H,19,20,21). The molecule has 1 amide bonds. The maximum atomic E-state index is 12.0. The van der Waals surface area contributed by atoms with Crippen molar-refractivity contribution in [3.8, 4) is 0 Å². The minimum Gasteiger partial charge on any atom is -0.298 e. The number of aromatic nitrogens is 1. The van der Waals surface area contributed by atoms with Gasteiger partial charge in [-0.1, -0.05) is 39.4 Å². The molecule has 0 aliphatic heterocycles. The van der Waals surface area contributed by atoms with Gasteiger partial charge >= 0.3 is 0 Å². The summed E-state index contributed by atoms with van der Waals surface area (Å²) in [5, 5.41) is 3.12. The molecule has 3 aromatic rings. The molecule has 0 bridgehead atoms. The number of halogens is 1. The number of anilines is 1. The molecule has 2 aromatic carbocycles. The second kappa shape index (κ2) is 7.07. The van der Waals surface area contributed by atoms with E-state index in [1.165, 1.54) is 23.5 Å². The van der Waals surface area contributed by atoms with Gasteiger partial charge in [0.2, 0.25) is 5.91 Å². The molecule has 0 saturated heterocycles. The van der Waals surface area contributed by atoms with Gasteiger partial charge in [0.25, 0.3) is 0 Å². The van der Waals surface area contributed by atoms with Crippen molar-refractivity contribution in [2.45, 2.75) is 4.90 Å². The van der Waals surface area contributed by atoms with Gasteiger partial charge in [0, 0.05) is 16.8 Å². The third-order valence-corrected chi connectivity index (χ3v) is 5.83. The average molecular weight is 437 g/mol. The van der Waals surface area contributed by atoms with Gasteiger partial charge in [-0.15, -0.1) is 0 Å². The second-order valence-corrected chi connectivity index (χ2v) is 9.26. The van der Waals surface area contributed by atoms with Crippen LogP contribution in [0.3, 0.4) is 0 Å². The van der Waals surface area contributed by atoms with Gasteiger partial charge < -0.3 is 0 Å². The van der Waals surface area contributed by atoms with Gasteiger partial charge in [-0.25, -0.2) is 13.4 Å². The van der Waals surface area contributed by atoms with Gasteiger partial charge in [-0.2, -0.15) is 0 Å². The topological polar surface area (TPSA) is 76.1 Å². The van der Waals surface area contributed by atoms with Crippen LogP contribution in [0, 0.1) is 0 Å². The minimum absolute atomic E-state index is 0.232. The molecule has 0 aliphatic rings. The zero-order chi connectivity index (χ0) is 18.0. The molecule has 0 atom stereocenters. The number of thiazole rings is 1. The molecule has 5 nitrogen and oxygen atoms in total. The third-order valence-electron chi connectivity index (χ3n) is 3.29. The number of rotatable bonds is 4. The zero-order valence-electron chi connectivity index (χ0n) is 13.1. The maximum Gasteiger partial charge on any atom is 0.250 e. The van der Waals surface area contributed by atoms with Crippen molar-refractivity contribution in [2.24, 2.45) is 0 Å². The highest BCUT2D eigenvalue weighted by molar-refractivity contribution is 9.10. The first-order valence-electron chi connectivity index (χ1n) is 7.16. The van der Waals surface area contributed by atoms with Crippen LogP contribution in [0.4, 0.5) is 5.13 Å². The summed E-state index contributed by atoms with van der Waals surface area (Å²) in [5.74, 6) is -0.303. The Kier molecular flexibility index (Phi) is 5.03. The molecular formula is C17H13BrN2O3S2. The Balaban J connectivity index is 1.77. The Hall–Kier alpha value is -2.03. The second-order valence-electron chi connectivity index (χ2n) is 5.30. The molecule has 0 unspecified atom stereocenters. The number of sulfone groups is 1. The number of nitrogens with zero attached hydrogens (tertiary/aromatic N) is 1. The van der Waals surface area contributed by atoms with Gasteiger partial charge in [-0.05, 0) is 42.0 Å². The predicted molar refractivity (Wildman–Crippen MR) is 105 cm³/mol. The largest absolute Gasteiger partial charge is 0.298 e. The van der Waals surface area contributed by atoms with Crippen LogP contribution in [0.1, 0.15) is 5.56 Å². The van der Waals surface area contributed by atoms with Gasteiger partial charge in [-0.3, -0.25) is 10.1 Å². The molecule has 0 saturated carbocycles. The fourth-order valence-corrected chi connectivity index (χ4v) is 4.17. The highest BCUT2D eigenvalue weighted by atomic mass is 79.9. The van der Waals surface area contributed by atoms with Crippen molar-refractivity contribution in [3.05, 3.63) is 58.6 Å². The van der Waals surface area contributed by atoms with Crippen molar-refractivity contribution in [1.82, 2.24) is 4.98 Å². The molecule has 0 radical (unpaired) electrons. The molecular weight excluding hydrogens is 424 g/mol. The fourth-order valence-electron chi connectivity index (χ4n) is 2.12. The van der Waals surface area contributed by atoms with Crippen LogP contribution < -0.4 is 5.32 Å². The van der Waals surface area contributed by atoms with E-state index in [9.17, 15) is 13.2 Å². The smallest absolute Gasteiger partial charge is 0.250 e. The summed E-state index contributed by atoms with van der Waals surface area (Å²) in [4.78, 5) is 16.6. The molecule has 0 spiro atoms. The minimum atomic E-state index is -3.27. The van der Waals surface area contributed by atoms with Crippen molar-refractivity contribution in [1.29, 1.82) is 0 Å². The van der Waals surface area contributed by atoms with E-state index in [-0.39, 0.29) is 10.8 Å².